The van der Waals surface area contributed by atoms with Crippen LogP contribution in [-0.4, -0.2) is 33.5 Å². The summed E-state index contributed by atoms with van der Waals surface area (Å²) >= 11 is 1.32. The Morgan fingerprint density at radius 3 is 2.48 bits per heavy atom. The molecular formula is C25H26N4O3S. The van der Waals surface area contributed by atoms with Crippen molar-refractivity contribution < 1.29 is 13.9 Å². The molecule has 2 aromatic carbocycles. The second-order valence-corrected chi connectivity index (χ2v) is 9.39. The van der Waals surface area contributed by atoms with E-state index in [-0.39, 0.29) is 17.1 Å². The SMILES string of the molecule is COc1ccc(-n2c(SCC(=O)Nc3ccccc3C(C)(C)C)nnc2-c2ccco2)cc1. The summed E-state index contributed by atoms with van der Waals surface area (Å²) in [6.45, 7) is 6.38. The number of amides is 1. The van der Waals surface area contributed by atoms with Crippen molar-refractivity contribution in [3.63, 3.8) is 0 Å². The summed E-state index contributed by atoms with van der Waals surface area (Å²) in [5.41, 5.74) is 2.67. The first kappa shape index (κ1) is 22.7. The molecule has 0 aliphatic heterocycles. The summed E-state index contributed by atoms with van der Waals surface area (Å²) in [5, 5.41) is 12.3. The smallest absolute Gasteiger partial charge is 0.234 e. The highest BCUT2D eigenvalue weighted by Gasteiger charge is 2.21. The number of nitrogens with zero attached hydrogens (tertiary/aromatic N) is 3. The van der Waals surface area contributed by atoms with Gasteiger partial charge in [-0.15, -0.1) is 10.2 Å². The van der Waals surface area contributed by atoms with Crippen molar-refractivity contribution in [1.29, 1.82) is 0 Å². The zero-order valence-corrected chi connectivity index (χ0v) is 19.8. The Bertz CT molecular complexity index is 1230. The number of benzene rings is 2. The molecule has 0 unspecified atom stereocenters. The highest BCUT2D eigenvalue weighted by molar-refractivity contribution is 7.99. The number of methoxy groups -OCH3 is 1. The Hall–Kier alpha value is -3.52. The number of thioether (sulfide) groups is 1. The van der Waals surface area contributed by atoms with Gasteiger partial charge in [0.25, 0.3) is 0 Å². The number of carbonyl (C=O) groups excluding carboxylic acids is 1. The van der Waals surface area contributed by atoms with Gasteiger partial charge >= 0.3 is 0 Å². The topological polar surface area (TPSA) is 82.2 Å². The summed E-state index contributed by atoms with van der Waals surface area (Å²) in [4.78, 5) is 12.8. The van der Waals surface area contributed by atoms with Gasteiger partial charge in [-0.1, -0.05) is 50.7 Å². The van der Waals surface area contributed by atoms with E-state index in [0.29, 0.717) is 16.7 Å². The Balaban J connectivity index is 1.57. The molecule has 1 N–H and O–H groups in total. The molecule has 8 heteroatoms. The van der Waals surface area contributed by atoms with E-state index in [1.165, 1.54) is 11.8 Å². The van der Waals surface area contributed by atoms with Gasteiger partial charge in [-0.05, 0) is 53.4 Å². The number of hydrogen-bond donors (Lipinski definition) is 1. The lowest BCUT2D eigenvalue weighted by atomic mass is 9.86. The number of aromatic nitrogens is 3. The third-order valence-corrected chi connectivity index (χ3v) is 5.98. The van der Waals surface area contributed by atoms with Crippen LogP contribution in [0.3, 0.4) is 0 Å². The Labute approximate surface area is 197 Å². The number of anilines is 1. The predicted octanol–water partition coefficient (Wildman–Crippen LogP) is 5.56. The second-order valence-electron chi connectivity index (χ2n) is 8.45. The molecule has 0 saturated carbocycles. The van der Waals surface area contributed by atoms with E-state index in [0.717, 1.165) is 22.7 Å². The van der Waals surface area contributed by atoms with E-state index >= 15 is 0 Å². The molecule has 0 atom stereocenters. The van der Waals surface area contributed by atoms with Gasteiger partial charge in [-0.3, -0.25) is 9.36 Å². The lowest BCUT2D eigenvalue weighted by Gasteiger charge is -2.23. The molecular weight excluding hydrogens is 436 g/mol. The third-order valence-electron chi connectivity index (χ3n) is 5.05. The van der Waals surface area contributed by atoms with E-state index in [4.69, 9.17) is 9.15 Å². The Morgan fingerprint density at radius 1 is 1.06 bits per heavy atom. The molecule has 2 aromatic heterocycles. The molecule has 0 aliphatic rings. The van der Waals surface area contributed by atoms with Crippen molar-refractivity contribution in [2.75, 3.05) is 18.2 Å². The lowest BCUT2D eigenvalue weighted by Crippen LogP contribution is -2.20. The van der Waals surface area contributed by atoms with E-state index in [9.17, 15) is 4.79 Å². The number of nitrogens with one attached hydrogen (secondary N) is 1. The van der Waals surface area contributed by atoms with Gasteiger partial charge in [0.1, 0.15) is 5.75 Å². The van der Waals surface area contributed by atoms with Gasteiger partial charge < -0.3 is 14.5 Å². The average Bonchev–Trinajstić information content (AvgIpc) is 3.47. The molecule has 0 bridgehead atoms. The number of furan rings is 1. The fraction of sp³-hybridized carbons (Fsp3) is 0.240. The van der Waals surface area contributed by atoms with Crippen molar-refractivity contribution >= 4 is 23.4 Å². The highest BCUT2D eigenvalue weighted by Crippen LogP contribution is 2.31. The molecule has 7 nitrogen and oxygen atoms in total. The van der Waals surface area contributed by atoms with Crippen LogP contribution in [0, 0.1) is 0 Å². The molecule has 0 radical (unpaired) electrons. The number of ether oxygens (including phenoxy) is 1. The van der Waals surface area contributed by atoms with Crippen LogP contribution in [0.4, 0.5) is 5.69 Å². The van der Waals surface area contributed by atoms with Gasteiger partial charge in [0.2, 0.25) is 11.7 Å². The monoisotopic (exact) mass is 462 g/mol. The van der Waals surface area contributed by atoms with Gasteiger partial charge in [-0.2, -0.15) is 0 Å². The molecule has 33 heavy (non-hydrogen) atoms. The maximum Gasteiger partial charge on any atom is 0.234 e. The molecule has 0 saturated heterocycles. The highest BCUT2D eigenvalue weighted by atomic mass is 32.2. The van der Waals surface area contributed by atoms with Crippen molar-refractivity contribution in [3.8, 4) is 23.0 Å². The zero-order chi connectivity index (χ0) is 23.4. The number of para-hydroxylation sites is 1. The minimum Gasteiger partial charge on any atom is -0.497 e. The van der Waals surface area contributed by atoms with Crippen LogP contribution in [0.5, 0.6) is 5.75 Å². The number of carbonyl (C=O) groups is 1. The molecule has 4 aromatic rings. The molecule has 2 heterocycles. The third kappa shape index (κ3) is 5.12. The maximum absolute atomic E-state index is 12.8. The Morgan fingerprint density at radius 2 is 1.82 bits per heavy atom. The number of hydrogen-bond acceptors (Lipinski definition) is 6. The van der Waals surface area contributed by atoms with Crippen LogP contribution in [-0.2, 0) is 10.2 Å². The fourth-order valence-corrected chi connectivity index (χ4v) is 4.21. The Kier molecular flexibility index (Phi) is 6.55. The van der Waals surface area contributed by atoms with Crippen LogP contribution >= 0.6 is 11.8 Å². The van der Waals surface area contributed by atoms with E-state index in [1.54, 1.807) is 19.4 Å². The predicted molar refractivity (Wildman–Crippen MR) is 130 cm³/mol. The van der Waals surface area contributed by atoms with Crippen LogP contribution in [0.2, 0.25) is 0 Å². The summed E-state index contributed by atoms with van der Waals surface area (Å²) < 4.78 is 12.7. The first-order valence-electron chi connectivity index (χ1n) is 10.5. The molecule has 170 valence electrons. The van der Waals surface area contributed by atoms with E-state index in [1.807, 2.05) is 59.2 Å². The van der Waals surface area contributed by atoms with Crippen molar-refractivity contribution in [2.45, 2.75) is 31.3 Å². The summed E-state index contributed by atoms with van der Waals surface area (Å²) in [6, 6.07) is 19.1. The summed E-state index contributed by atoms with van der Waals surface area (Å²) in [7, 11) is 1.62. The average molecular weight is 463 g/mol. The van der Waals surface area contributed by atoms with Crippen LogP contribution < -0.4 is 10.1 Å². The van der Waals surface area contributed by atoms with Gasteiger partial charge in [0.15, 0.2) is 10.9 Å². The van der Waals surface area contributed by atoms with Crippen molar-refractivity contribution in [3.05, 3.63) is 72.5 Å². The fourth-order valence-electron chi connectivity index (χ4n) is 3.46. The lowest BCUT2D eigenvalue weighted by molar-refractivity contribution is -0.113. The molecule has 1 amide bonds. The minimum absolute atomic E-state index is 0.0799. The molecule has 0 fully saturated rings. The quantitative estimate of drug-likeness (QED) is 0.362. The maximum atomic E-state index is 12.8. The number of rotatable bonds is 7. The van der Waals surface area contributed by atoms with Gasteiger partial charge in [0, 0.05) is 5.69 Å². The van der Waals surface area contributed by atoms with Crippen LogP contribution in [0.1, 0.15) is 26.3 Å². The molecule has 0 aliphatic carbocycles. The van der Waals surface area contributed by atoms with Crippen LogP contribution in [0.25, 0.3) is 17.3 Å². The van der Waals surface area contributed by atoms with E-state index in [2.05, 4.69) is 36.3 Å². The minimum atomic E-state index is -0.111. The summed E-state index contributed by atoms with van der Waals surface area (Å²) in [6.07, 6.45) is 1.59. The normalized spacial score (nSPS) is 11.4. The van der Waals surface area contributed by atoms with Gasteiger partial charge in [0.05, 0.1) is 24.8 Å². The van der Waals surface area contributed by atoms with Crippen molar-refractivity contribution in [2.24, 2.45) is 0 Å². The van der Waals surface area contributed by atoms with Crippen LogP contribution in [0.15, 0.2) is 76.5 Å². The van der Waals surface area contributed by atoms with Gasteiger partial charge in [-0.25, -0.2) is 0 Å². The molecule has 0 spiro atoms. The standard InChI is InChI=1S/C25H26N4O3S/c1-25(2,3)19-8-5-6-9-20(19)26-22(30)16-33-24-28-27-23(21-10-7-15-32-21)29(24)17-11-13-18(31-4)14-12-17/h5-15H,16H2,1-4H3,(H,26,30). The first-order valence-corrected chi connectivity index (χ1v) is 11.5. The van der Waals surface area contributed by atoms with E-state index < -0.39 is 0 Å². The van der Waals surface area contributed by atoms with Crippen molar-refractivity contribution in [1.82, 2.24) is 14.8 Å². The second kappa shape index (κ2) is 9.54. The first-order chi connectivity index (χ1) is 15.9. The summed E-state index contributed by atoms with van der Waals surface area (Å²) in [5.74, 6) is 1.98. The zero-order valence-electron chi connectivity index (χ0n) is 19.0. The largest absolute Gasteiger partial charge is 0.497 e. The molecule has 4 rings (SSSR count).